The van der Waals surface area contributed by atoms with E-state index in [4.69, 9.17) is 92.4 Å². The van der Waals surface area contributed by atoms with Crippen molar-refractivity contribution in [3.05, 3.63) is 208 Å². The number of aliphatic carboxylic acids is 1. The Labute approximate surface area is 712 Å². The first kappa shape index (κ1) is 95.7. The molecule has 2 aliphatic rings. The van der Waals surface area contributed by atoms with Gasteiger partial charge in [-0.1, -0.05) is 46.4 Å². The Kier molecular flexibility index (Phi) is 35.4. The minimum absolute atomic E-state index is 0. The average Bonchev–Trinajstić information content (AvgIpc) is 1.59. The van der Waals surface area contributed by atoms with Crippen molar-refractivity contribution in [1.82, 2.24) is 48.4 Å². The molecule has 43 heteroatoms. The summed E-state index contributed by atoms with van der Waals surface area (Å²) in [5.74, 6) is -2.26. The molecule has 0 spiro atoms. The summed E-state index contributed by atoms with van der Waals surface area (Å²) in [7, 11) is 0. The number of halogens is 8. The first-order valence-electron chi connectivity index (χ1n) is 32.2. The number of ether oxygens (including phenoxy) is 2. The maximum atomic E-state index is 13.6. The number of anilines is 1. The number of carboxylic acids is 1. The largest absolute Gasteiger partial charge is 1.00 e. The number of carbonyl (C=O) groups is 4. The fraction of sp³-hybridized carbons (Fsp3) is 0.222. The molecule has 1 amide bonds. The van der Waals surface area contributed by atoms with Crippen LogP contribution < -0.4 is 51.6 Å². The van der Waals surface area contributed by atoms with Gasteiger partial charge in [-0.05, 0) is 92.2 Å². The van der Waals surface area contributed by atoms with E-state index < -0.39 is 35.8 Å². The van der Waals surface area contributed by atoms with Gasteiger partial charge in [0, 0.05) is 135 Å². The first-order valence-corrected chi connectivity index (χ1v) is 38.0. The summed E-state index contributed by atoms with van der Waals surface area (Å²) < 4.78 is 44.6. The number of nitrogens with zero attached hydrogens (tertiary/aromatic N) is 14. The molecule has 12 aromatic rings. The minimum Gasteiger partial charge on any atom is -0.870 e. The Morgan fingerprint density at radius 1 is 0.557 bits per heavy atom. The van der Waals surface area contributed by atoms with Crippen molar-refractivity contribution in [3.63, 3.8) is 0 Å². The van der Waals surface area contributed by atoms with E-state index >= 15 is 0 Å². The standard InChI is InChI=1S/C19H14ClFN4O2S.C17H12ClN3O3S.C15H8ClN3O3S.C11H10BrNO3S.C6H4ClN3O2.C4H8FN.ClH.Li.2H2O/c1-19(21)9-25(10-19)16(26)7-24-3-2-15-17(18(24)27)12(8-28-15)11-4-13(20)14(5-22)23-6-11;1-2-24-15(22)8-21-4-3-14-16(17(21)23)11(9-25-14)10-5-12(18)13(6-19)20-7-10;16-10-3-8(5-18-11(10)4-17)9-7-23-12-1-2-19(6-13(20)21)15(22)14(9)12;1-2-16-9(14)5-13-4-3-8-10(11(13)15)7(12)6-17-8;7-5-1-4(10(11)12)3-9-6(5)2-8;1-4(5)2-6-3-4;;;;/h2-4,6,8H,7,9-10H2,1H3;3-5,7,9H,2,8H2,1H3;1-3,5,7H,6H2,(H,20,21);3-4,6H,2,5H2,1H3;1,3,11-12H;6H,2-3H2,1H3;1H;;2*1H2/q;;;;;;;+1;;/p-1. The summed E-state index contributed by atoms with van der Waals surface area (Å²) in [6.07, 6.45) is 11.8. The third kappa shape index (κ3) is 23.7. The summed E-state index contributed by atoms with van der Waals surface area (Å²) >= 11 is 32.6. The van der Waals surface area contributed by atoms with E-state index in [2.05, 4.69) is 41.2 Å². The van der Waals surface area contributed by atoms with Crippen LogP contribution in [0.5, 0.6) is 0 Å². The molecule has 0 radical (unpaired) electrons. The summed E-state index contributed by atoms with van der Waals surface area (Å²) in [6.45, 7) is 7.48. The fourth-order valence-electron chi connectivity index (χ4n) is 10.5. The predicted octanol–water partition coefficient (Wildman–Crippen LogP) is 9.49. The summed E-state index contributed by atoms with van der Waals surface area (Å²) in [4.78, 5) is 114. The van der Waals surface area contributed by atoms with Gasteiger partial charge in [0.2, 0.25) is 5.91 Å². The van der Waals surface area contributed by atoms with Crippen molar-refractivity contribution in [1.29, 1.82) is 21.0 Å². The molecule has 0 aliphatic carbocycles. The number of thiophene rings is 4. The minimum atomic E-state index is -1.35. The van der Waals surface area contributed by atoms with Crippen molar-refractivity contribution < 1.29 is 82.8 Å². The number of carbonyl (C=O) groups excluding carboxylic acids is 3. The molecule has 0 bridgehead atoms. The number of carboxylic acid groups (broad SMARTS) is 1. The van der Waals surface area contributed by atoms with Gasteiger partial charge in [0.15, 0.2) is 22.8 Å². The summed E-state index contributed by atoms with van der Waals surface area (Å²) in [5, 5.41) is 73.8. The van der Waals surface area contributed by atoms with Crippen LogP contribution in [0.3, 0.4) is 0 Å². The van der Waals surface area contributed by atoms with Gasteiger partial charge in [-0.2, -0.15) is 21.0 Å². The van der Waals surface area contributed by atoms with E-state index in [9.17, 15) is 47.1 Å². The number of rotatable bonds is 14. The van der Waals surface area contributed by atoms with Crippen molar-refractivity contribution in [2.45, 2.75) is 65.2 Å². The third-order valence-electron chi connectivity index (χ3n) is 15.9. The molecule has 7 N–H and O–H groups in total. The van der Waals surface area contributed by atoms with Crippen LogP contribution >= 0.6 is 120 Å². The van der Waals surface area contributed by atoms with Crippen LogP contribution in [0.1, 0.15) is 50.5 Å². The van der Waals surface area contributed by atoms with E-state index in [0.29, 0.717) is 74.6 Å². The van der Waals surface area contributed by atoms with Crippen molar-refractivity contribution in [2.75, 3.05) is 44.6 Å². The number of hydrogen-bond donors (Lipinski definition) is 4. The van der Waals surface area contributed by atoms with Gasteiger partial charge in [0.1, 0.15) is 67.5 Å². The van der Waals surface area contributed by atoms with Crippen LogP contribution in [-0.4, -0.2) is 144 Å². The first-order chi connectivity index (χ1) is 52.8. The zero-order valence-corrected chi connectivity index (χ0v) is 69.1. The van der Waals surface area contributed by atoms with E-state index in [1.807, 2.05) is 40.4 Å². The number of nitrogens with one attached hydrogen (secondary N) is 1. The number of alkyl halides is 2. The van der Waals surface area contributed by atoms with Crippen molar-refractivity contribution in [3.8, 4) is 57.7 Å². The van der Waals surface area contributed by atoms with Crippen molar-refractivity contribution in [2.24, 2.45) is 0 Å². The maximum Gasteiger partial charge on any atom is 1.00 e. The zero-order valence-electron chi connectivity index (χ0n) is 60.4. The van der Waals surface area contributed by atoms with Crippen LogP contribution in [0.25, 0.3) is 73.7 Å². The molecule has 0 aromatic carbocycles. The van der Waals surface area contributed by atoms with Crippen LogP contribution in [-0.2, 0) is 54.8 Å². The van der Waals surface area contributed by atoms with Gasteiger partial charge in [-0.15, -0.1) is 63.0 Å². The molecule has 30 nitrogen and oxygen atoms in total. The second-order valence-electron chi connectivity index (χ2n) is 24.1. The quantitative estimate of drug-likeness (QED) is 0.0447. The molecule has 2 fully saturated rings. The van der Waals surface area contributed by atoms with Gasteiger partial charge < -0.3 is 54.0 Å². The second-order valence-corrected chi connectivity index (χ2v) is 30.2. The second kappa shape index (κ2) is 42.6. The van der Waals surface area contributed by atoms with Gasteiger partial charge >= 0.3 is 36.8 Å². The number of likely N-dealkylation sites (tertiary alicyclic amines) is 1. The SMILES string of the molecule is CC1(F)CN(C(=O)Cn2ccc3scc(-c4cnc(C#N)c(Cl)c4)c3c2=O)C1.CC1(F)CNC1.CCOC(=O)Cn1ccc2scc(-c3cnc(C#N)c(Cl)c3)c2c1=O.CCOC(=O)Cn1ccc2scc(Br)c2c1=O.Cl.N#Cc1ncc(-c2csc3ccn(CC(=O)O)c(=O)c23)cc1Cl.N#Cc1ncc(N(O)O)cc1Cl.O.[Li+].[OH-]. The number of aromatic nitrogens is 8. The molecule has 14 rings (SSSR count). The molecular weight excluding hydrogens is 1750 g/mol. The molecule has 594 valence electrons. The molecule has 12 aromatic heterocycles. The Hall–Kier alpha value is -9.93. The number of pyridine rings is 8. The van der Waals surface area contributed by atoms with E-state index in [-0.39, 0.29) is 163 Å². The summed E-state index contributed by atoms with van der Waals surface area (Å²) in [6, 6.07) is 20.5. The Morgan fingerprint density at radius 3 is 1.17 bits per heavy atom. The smallest absolute Gasteiger partial charge is 0.870 e. The van der Waals surface area contributed by atoms with Gasteiger partial charge in [0.25, 0.3) is 22.2 Å². The Morgan fingerprint density at radius 2 is 0.870 bits per heavy atom. The number of amides is 1. The number of fused-ring (bicyclic) bond motifs is 4. The molecule has 0 atom stereocenters. The molecule has 2 aliphatic heterocycles. The fourth-order valence-corrected chi connectivity index (χ4v) is 15.8. The molecular formula is C72H60BrCl5F2LiN15O15S4. The maximum absolute atomic E-state index is 13.6. The topological polar surface area (TPSA) is 462 Å². The van der Waals surface area contributed by atoms with Crippen LogP contribution in [0, 0.1) is 45.3 Å². The van der Waals surface area contributed by atoms with E-state index in [1.54, 1.807) is 87.2 Å². The molecule has 0 saturated carbocycles. The average molecular weight is 1810 g/mol. The van der Waals surface area contributed by atoms with Gasteiger partial charge in [-0.25, -0.2) is 28.7 Å². The monoisotopic (exact) mass is 1800 g/mol. The number of hydrogen-bond acceptors (Lipinski definition) is 27. The van der Waals surface area contributed by atoms with E-state index in [0.717, 1.165) is 34.0 Å². The third-order valence-corrected chi connectivity index (χ3v) is 21.8. The van der Waals surface area contributed by atoms with Gasteiger partial charge in [0.05, 0.1) is 74.1 Å². The summed E-state index contributed by atoms with van der Waals surface area (Å²) in [5.41, 5.74) is 0.776. The van der Waals surface area contributed by atoms with E-state index in [1.165, 1.54) is 102 Å². The normalized spacial score (nSPS) is 12.2. The predicted molar refractivity (Wildman–Crippen MR) is 433 cm³/mol. The molecule has 115 heavy (non-hydrogen) atoms. The van der Waals surface area contributed by atoms with Gasteiger partial charge in [-0.3, -0.25) is 48.8 Å². The van der Waals surface area contributed by atoms with Crippen LogP contribution in [0.15, 0.2) is 143 Å². The van der Waals surface area contributed by atoms with Crippen molar-refractivity contribution >= 4 is 190 Å². The Bertz CT molecular complexity index is 6040. The zero-order chi connectivity index (χ0) is 80.8. The molecule has 0 unspecified atom stereocenters. The van der Waals surface area contributed by atoms with Crippen LogP contribution in [0.4, 0.5) is 14.5 Å². The number of nitriles is 4. The molecule has 2 saturated heterocycles. The Balaban J connectivity index is 0.000000255. The molecule has 14 heterocycles. The number of esters is 2. The van der Waals surface area contributed by atoms with Crippen LogP contribution in [0.2, 0.25) is 20.1 Å².